The van der Waals surface area contributed by atoms with Gasteiger partial charge in [-0.25, -0.2) is 0 Å². The molecule has 1 aromatic heterocycles. The highest BCUT2D eigenvalue weighted by Gasteiger charge is 2.39. The number of para-hydroxylation sites is 1. The van der Waals surface area contributed by atoms with Gasteiger partial charge in [0.2, 0.25) is 11.8 Å². The van der Waals surface area contributed by atoms with Crippen molar-refractivity contribution < 1.29 is 19.1 Å². The number of hydrogen-bond acceptors (Lipinski definition) is 5. The first-order valence-corrected chi connectivity index (χ1v) is 9.78. The SMILES string of the molecule is COCC(=O)NC1CC(COc2ccccc2)CC1C(=O)NCc1cccnc1. The number of aromatic nitrogens is 1. The van der Waals surface area contributed by atoms with Crippen LogP contribution in [0.25, 0.3) is 0 Å². The summed E-state index contributed by atoms with van der Waals surface area (Å²) in [5.74, 6) is 0.386. The van der Waals surface area contributed by atoms with Crippen LogP contribution in [0.5, 0.6) is 5.75 Å². The molecule has 0 aliphatic heterocycles. The van der Waals surface area contributed by atoms with E-state index in [-0.39, 0.29) is 36.3 Å². The zero-order valence-corrected chi connectivity index (χ0v) is 16.5. The van der Waals surface area contributed by atoms with Crippen LogP contribution in [0.1, 0.15) is 18.4 Å². The number of nitrogens with zero attached hydrogens (tertiary/aromatic N) is 1. The highest BCUT2D eigenvalue weighted by molar-refractivity contribution is 5.82. The molecule has 1 saturated carbocycles. The summed E-state index contributed by atoms with van der Waals surface area (Å²) in [6.45, 7) is 0.895. The molecular weight excluding hydrogens is 370 g/mol. The molecule has 0 saturated heterocycles. The normalized spacial score (nSPS) is 20.8. The average Bonchev–Trinajstić information content (AvgIpc) is 3.15. The Hall–Kier alpha value is -2.93. The van der Waals surface area contributed by atoms with E-state index in [1.807, 2.05) is 42.5 Å². The molecule has 1 fully saturated rings. The first kappa shape index (κ1) is 20.8. The molecule has 3 unspecified atom stereocenters. The Balaban J connectivity index is 1.59. The van der Waals surface area contributed by atoms with Crippen molar-refractivity contribution in [2.45, 2.75) is 25.4 Å². The van der Waals surface area contributed by atoms with Gasteiger partial charge in [0, 0.05) is 32.1 Å². The summed E-state index contributed by atoms with van der Waals surface area (Å²) in [6.07, 6.45) is 4.77. The van der Waals surface area contributed by atoms with Gasteiger partial charge in [0.05, 0.1) is 12.5 Å². The molecule has 7 nitrogen and oxygen atoms in total. The van der Waals surface area contributed by atoms with Gasteiger partial charge in [0.25, 0.3) is 0 Å². The molecular formula is C22H27N3O4. The van der Waals surface area contributed by atoms with Crippen LogP contribution in [0.2, 0.25) is 0 Å². The van der Waals surface area contributed by atoms with Gasteiger partial charge in [-0.3, -0.25) is 14.6 Å². The summed E-state index contributed by atoms with van der Waals surface area (Å²) in [5, 5.41) is 5.91. The van der Waals surface area contributed by atoms with Crippen LogP contribution >= 0.6 is 0 Å². The van der Waals surface area contributed by atoms with E-state index >= 15 is 0 Å². The summed E-state index contributed by atoms with van der Waals surface area (Å²) in [5.41, 5.74) is 0.933. The van der Waals surface area contributed by atoms with E-state index < -0.39 is 0 Å². The Morgan fingerprint density at radius 2 is 1.97 bits per heavy atom. The van der Waals surface area contributed by atoms with Crippen molar-refractivity contribution in [1.29, 1.82) is 0 Å². The quantitative estimate of drug-likeness (QED) is 0.675. The molecule has 154 valence electrons. The van der Waals surface area contributed by atoms with Crippen molar-refractivity contribution in [1.82, 2.24) is 15.6 Å². The van der Waals surface area contributed by atoms with Gasteiger partial charge in [-0.15, -0.1) is 0 Å². The van der Waals surface area contributed by atoms with Crippen molar-refractivity contribution in [3.8, 4) is 5.75 Å². The molecule has 1 aliphatic carbocycles. The predicted octanol–water partition coefficient (Wildman–Crippen LogP) is 1.93. The van der Waals surface area contributed by atoms with Gasteiger partial charge in [-0.2, -0.15) is 0 Å². The summed E-state index contributed by atoms with van der Waals surface area (Å²) in [6, 6.07) is 13.1. The Bertz CT molecular complexity index is 785. The van der Waals surface area contributed by atoms with Crippen molar-refractivity contribution in [3.63, 3.8) is 0 Å². The molecule has 1 aromatic carbocycles. The largest absolute Gasteiger partial charge is 0.493 e. The number of pyridine rings is 1. The van der Waals surface area contributed by atoms with Crippen LogP contribution in [0.3, 0.4) is 0 Å². The van der Waals surface area contributed by atoms with E-state index in [9.17, 15) is 9.59 Å². The predicted molar refractivity (Wildman–Crippen MR) is 108 cm³/mol. The number of amides is 2. The molecule has 2 aromatic rings. The molecule has 0 bridgehead atoms. The molecule has 1 heterocycles. The monoisotopic (exact) mass is 397 g/mol. The number of hydrogen-bond donors (Lipinski definition) is 2. The van der Waals surface area contributed by atoms with Gasteiger partial charge < -0.3 is 20.1 Å². The van der Waals surface area contributed by atoms with Crippen LogP contribution in [0, 0.1) is 11.8 Å². The molecule has 3 rings (SSSR count). The van der Waals surface area contributed by atoms with Gasteiger partial charge in [-0.1, -0.05) is 24.3 Å². The fraction of sp³-hybridized carbons (Fsp3) is 0.409. The number of carbonyl (C=O) groups excluding carboxylic acids is 2. The van der Waals surface area contributed by atoms with E-state index in [0.717, 1.165) is 11.3 Å². The maximum atomic E-state index is 12.8. The molecule has 7 heteroatoms. The molecule has 2 amide bonds. The lowest BCUT2D eigenvalue weighted by atomic mass is 10.0. The third kappa shape index (κ3) is 6.29. The number of ether oxygens (including phenoxy) is 2. The molecule has 0 spiro atoms. The third-order valence-corrected chi connectivity index (χ3v) is 5.04. The van der Waals surface area contributed by atoms with Crippen LogP contribution in [-0.2, 0) is 20.9 Å². The number of methoxy groups -OCH3 is 1. The zero-order valence-electron chi connectivity index (χ0n) is 16.5. The van der Waals surface area contributed by atoms with E-state index in [4.69, 9.17) is 9.47 Å². The summed E-state index contributed by atoms with van der Waals surface area (Å²) >= 11 is 0. The van der Waals surface area contributed by atoms with Crippen LogP contribution < -0.4 is 15.4 Å². The smallest absolute Gasteiger partial charge is 0.246 e. The number of benzene rings is 1. The summed E-state index contributed by atoms with van der Waals surface area (Å²) in [7, 11) is 1.48. The van der Waals surface area contributed by atoms with Crippen LogP contribution in [0.4, 0.5) is 0 Å². The summed E-state index contributed by atoms with van der Waals surface area (Å²) < 4.78 is 10.8. The standard InChI is InChI=1S/C22H27N3O4/c1-28-15-21(26)25-20-11-17(14-29-18-7-3-2-4-8-18)10-19(20)22(27)24-13-16-6-5-9-23-12-16/h2-9,12,17,19-20H,10-11,13-15H2,1H3,(H,24,27)(H,25,26). The number of nitrogens with one attached hydrogen (secondary N) is 2. The second-order valence-corrected chi connectivity index (χ2v) is 7.25. The minimum atomic E-state index is -0.308. The van der Waals surface area contributed by atoms with Crippen LogP contribution in [-0.4, -0.2) is 43.2 Å². The Morgan fingerprint density at radius 1 is 1.14 bits per heavy atom. The summed E-state index contributed by atoms with van der Waals surface area (Å²) in [4.78, 5) is 28.9. The minimum Gasteiger partial charge on any atom is -0.493 e. The van der Waals surface area contributed by atoms with Crippen LogP contribution in [0.15, 0.2) is 54.9 Å². The van der Waals surface area contributed by atoms with Gasteiger partial charge >= 0.3 is 0 Å². The highest BCUT2D eigenvalue weighted by atomic mass is 16.5. The van der Waals surface area contributed by atoms with Crippen molar-refractivity contribution in [2.75, 3.05) is 20.3 Å². The Kier molecular flexibility index (Phi) is 7.58. The van der Waals surface area contributed by atoms with E-state index in [1.54, 1.807) is 12.4 Å². The second kappa shape index (κ2) is 10.6. The Labute approximate surface area is 170 Å². The second-order valence-electron chi connectivity index (χ2n) is 7.25. The molecule has 2 N–H and O–H groups in total. The van der Waals surface area contributed by atoms with Crippen molar-refractivity contribution in [3.05, 3.63) is 60.4 Å². The van der Waals surface area contributed by atoms with E-state index in [1.165, 1.54) is 7.11 Å². The first-order valence-electron chi connectivity index (χ1n) is 9.78. The number of carbonyl (C=O) groups is 2. The number of rotatable bonds is 9. The average molecular weight is 397 g/mol. The fourth-order valence-electron chi connectivity index (χ4n) is 3.66. The maximum Gasteiger partial charge on any atom is 0.246 e. The van der Waals surface area contributed by atoms with Gasteiger partial charge in [0.15, 0.2) is 0 Å². The lowest BCUT2D eigenvalue weighted by Crippen LogP contribution is -2.44. The lowest BCUT2D eigenvalue weighted by Gasteiger charge is -2.20. The van der Waals surface area contributed by atoms with E-state index in [0.29, 0.717) is 26.0 Å². The lowest BCUT2D eigenvalue weighted by molar-refractivity contribution is -0.128. The fourth-order valence-corrected chi connectivity index (χ4v) is 3.66. The first-order chi connectivity index (χ1) is 14.2. The topological polar surface area (TPSA) is 89.5 Å². The van der Waals surface area contributed by atoms with Crippen molar-refractivity contribution >= 4 is 11.8 Å². The highest BCUT2D eigenvalue weighted by Crippen LogP contribution is 2.32. The maximum absolute atomic E-state index is 12.8. The van der Waals surface area contributed by atoms with Crippen molar-refractivity contribution in [2.24, 2.45) is 11.8 Å². The van der Waals surface area contributed by atoms with Gasteiger partial charge in [0.1, 0.15) is 12.4 Å². The third-order valence-electron chi connectivity index (χ3n) is 5.04. The minimum absolute atomic E-state index is 0.0221. The molecule has 1 aliphatic rings. The molecule has 29 heavy (non-hydrogen) atoms. The van der Waals surface area contributed by atoms with E-state index in [2.05, 4.69) is 15.6 Å². The molecule has 3 atom stereocenters. The zero-order chi connectivity index (χ0) is 20.5. The molecule has 0 radical (unpaired) electrons. The van der Waals surface area contributed by atoms with Gasteiger partial charge in [-0.05, 0) is 42.5 Å². The Morgan fingerprint density at radius 3 is 2.69 bits per heavy atom.